The highest BCUT2D eigenvalue weighted by Crippen LogP contribution is 2.39. The van der Waals surface area contributed by atoms with Crippen LogP contribution in [0, 0.1) is 0 Å². The maximum Gasteiger partial charge on any atom is 0.319 e. The van der Waals surface area contributed by atoms with E-state index < -0.39 is 0 Å². The van der Waals surface area contributed by atoms with Crippen LogP contribution in [0.1, 0.15) is 64.4 Å². The van der Waals surface area contributed by atoms with Gasteiger partial charge in [-0.2, -0.15) is 0 Å². The zero-order valence-corrected chi connectivity index (χ0v) is 28.3. The third-order valence-corrected chi connectivity index (χ3v) is 9.31. The molecule has 0 spiro atoms. The minimum absolute atomic E-state index is 0.0815. The van der Waals surface area contributed by atoms with Crippen LogP contribution in [0.4, 0.5) is 16.2 Å². The number of carbonyl (C=O) groups is 2. The molecule has 7 heteroatoms. The molecule has 3 amide bonds. The van der Waals surface area contributed by atoms with E-state index in [0.717, 1.165) is 74.5 Å². The number of benzene rings is 4. The fourth-order valence-corrected chi connectivity index (χ4v) is 6.58. The van der Waals surface area contributed by atoms with Crippen LogP contribution in [0.3, 0.4) is 0 Å². The number of carbonyl (C=O) groups excluding carboxylic acids is 2. The van der Waals surface area contributed by atoms with Crippen LogP contribution in [-0.4, -0.2) is 67.6 Å². The number of fused-ring (bicyclic) bond motifs is 1. The summed E-state index contributed by atoms with van der Waals surface area (Å²) in [4.78, 5) is 29.9. The molecular weight excluding hydrogens is 594 g/mol. The molecule has 6 rings (SSSR count). The largest absolute Gasteiger partial charge is 0.336 e. The Labute approximate surface area is 285 Å². The maximum atomic E-state index is 13.0. The summed E-state index contributed by atoms with van der Waals surface area (Å²) in [6.07, 6.45) is 5.28. The number of amides is 3. The third-order valence-electron chi connectivity index (χ3n) is 9.31. The van der Waals surface area contributed by atoms with Crippen molar-refractivity contribution in [2.24, 2.45) is 0 Å². The molecule has 1 unspecified atom stereocenters. The average molecular weight is 642 g/mol. The van der Waals surface area contributed by atoms with E-state index in [1.165, 1.54) is 22.3 Å². The molecular formula is C41H47N5O2. The predicted octanol–water partition coefficient (Wildman–Crippen LogP) is 7.42. The number of allylic oxidation sites excluding steroid dienone is 1. The Morgan fingerprint density at radius 3 is 2.00 bits per heavy atom. The van der Waals surface area contributed by atoms with Crippen molar-refractivity contribution >= 4 is 28.9 Å². The van der Waals surface area contributed by atoms with Crippen LogP contribution >= 0.6 is 0 Å². The number of anilines is 2. The molecule has 48 heavy (non-hydrogen) atoms. The predicted molar refractivity (Wildman–Crippen MR) is 197 cm³/mol. The molecule has 0 aromatic heterocycles. The summed E-state index contributed by atoms with van der Waals surface area (Å²) < 4.78 is 0. The Morgan fingerprint density at radius 1 is 0.750 bits per heavy atom. The van der Waals surface area contributed by atoms with Gasteiger partial charge in [0.25, 0.3) is 5.91 Å². The standard InChI is InChI=1S/C41H47N5O2/c1-29(2)42-41(48)44-37-20-13-32(14-21-37)26-31-11-18-36(19-12-31)43-40(47)33-15-8-30(9-16-33)10-17-34-27-35(39-7-5-4-6-38(34)39)28-46-24-22-45(3)23-25-46/h4-9,11-16,18-21,27,29,34H,10,17,22-26,28H2,1-3H3,(H,43,47)(H2,42,44,48). The Morgan fingerprint density at radius 2 is 1.35 bits per heavy atom. The van der Waals surface area contributed by atoms with E-state index in [-0.39, 0.29) is 18.0 Å². The van der Waals surface area contributed by atoms with Crippen LogP contribution in [0.2, 0.25) is 0 Å². The number of hydrogen-bond donors (Lipinski definition) is 3. The lowest BCUT2D eigenvalue weighted by Crippen LogP contribution is -2.44. The lowest BCUT2D eigenvalue weighted by molar-refractivity contribution is 0.102. The van der Waals surface area contributed by atoms with Gasteiger partial charge in [0.1, 0.15) is 0 Å². The van der Waals surface area contributed by atoms with Gasteiger partial charge in [-0.15, -0.1) is 0 Å². The van der Waals surface area contributed by atoms with Crippen molar-refractivity contribution in [2.75, 3.05) is 50.4 Å². The van der Waals surface area contributed by atoms with Crippen LogP contribution in [0.15, 0.2) is 103 Å². The second-order valence-electron chi connectivity index (χ2n) is 13.5. The SMILES string of the molecule is CC(C)NC(=O)Nc1ccc(Cc2ccc(NC(=O)c3ccc(CCC4C=C(CN5CCN(C)CC5)c5ccccc54)cc3)cc2)cc1. The number of piperazine rings is 1. The van der Waals surface area contributed by atoms with Gasteiger partial charge in [-0.1, -0.05) is 66.7 Å². The monoisotopic (exact) mass is 641 g/mol. The van der Waals surface area contributed by atoms with Gasteiger partial charge in [0, 0.05) is 61.6 Å². The van der Waals surface area contributed by atoms with E-state index in [9.17, 15) is 9.59 Å². The lowest BCUT2D eigenvalue weighted by atomic mass is 9.94. The van der Waals surface area contributed by atoms with E-state index in [1.54, 1.807) is 0 Å². The van der Waals surface area contributed by atoms with Gasteiger partial charge in [-0.25, -0.2) is 4.79 Å². The van der Waals surface area contributed by atoms with Gasteiger partial charge in [-0.3, -0.25) is 9.69 Å². The fourth-order valence-electron chi connectivity index (χ4n) is 6.58. The molecule has 7 nitrogen and oxygen atoms in total. The average Bonchev–Trinajstić information content (AvgIpc) is 3.43. The Kier molecular flexibility index (Phi) is 10.7. The summed E-state index contributed by atoms with van der Waals surface area (Å²) in [7, 11) is 2.20. The quantitative estimate of drug-likeness (QED) is 0.159. The minimum Gasteiger partial charge on any atom is -0.336 e. The molecule has 1 fully saturated rings. The van der Waals surface area contributed by atoms with Crippen molar-refractivity contribution in [2.45, 2.75) is 45.1 Å². The van der Waals surface area contributed by atoms with Gasteiger partial charge in [-0.05, 0) is 110 Å². The van der Waals surface area contributed by atoms with Crippen LogP contribution in [-0.2, 0) is 12.8 Å². The number of aryl methyl sites for hydroxylation is 1. The third kappa shape index (κ3) is 8.79. The number of nitrogens with zero attached hydrogens (tertiary/aromatic N) is 2. The Balaban J connectivity index is 0.986. The molecule has 1 saturated heterocycles. The van der Waals surface area contributed by atoms with Crippen molar-refractivity contribution in [1.82, 2.24) is 15.1 Å². The van der Waals surface area contributed by atoms with Crippen molar-refractivity contribution in [3.05, 3.63) is 137 Å². The highest BCUT2D eigenvalue weighted by molar-refractivity contribution is 6.04. The fraction of sp³-hybridized carbons (Fsp3) is 0.317. The molecule has 0 radical (unpaired) electrons. The summed E-state index contributed by atoms with van der Waals surface area (Å²) >= 11 is 0. The van der Waals surface area contributed by atoms with Crippen molar-refractivity contribution < 1.29 is 9.59 Å². The maximum absolute atomic E-state index is 13.0. The second-order valence-corrected chi connectivity index (χ2v) is 13.5. The first-order chi connectivity index (χ1) is 23.3. The first kappa shape index (κ1) is 33.2. The van der Waals surface area contributed by atoms with Crippen LogP contribution < -0.4 is 16.0 Å². The first-order valence-corrected chi connectivity index (χ1v) is 17.2. The molecule has 4 aromatic rings. The van der Waals surface area contributed by atoms with Crippen molar-refractivity contribution in [3.63, 3.8) is 0 Å². The summed E-state index contributed by atoms with van der Waals surface area (Å²) in [6.45, 7) is 9.41. The molecule has 1 aliphatic carbocycles. The molecule has 1 heterocycles. The van der Waals surface area contributed by atoms with Gasteiger partial charge >= 0.3 is 6.03 Å². The number of nitrogens with one attached hydrogen (secondary N) is 3. The smallest absolute Gasteiger partial charge is 0.319 e. The zero-order valence-electron chi connectivity index (χ0n) is 28.3. The van der Waals surface area contributed by atoms with Gasteiger partial charge in [0.05, 0.1) is 0 Å². The van der Waals surface area contributed by atoms with Gasteiger partial charge < -0.3 is 20.9 Å². The molecule has 248 valence electrons. The van der Waals surface area contributed by atoms with Crippen LogP contribution in [0.5, 0.6) is 0 Å². The normalized spacial score (nSPS) is 16.3. The van der Waals surface area contributed by atoms with E-state index in [1.807, 2.05) is 74.5 Å². The van der Waals surface area contributed by atoms with Crippen molar-refractivity contribution in [1.29, 1.82) is 0 Å². The Hall–Kier alpha value is -4.72. The number of urea groups is 1. The van der Waals surface area contributed by atoms with Crippen LogP contribution in [0.25, 0.3) is 5.57 Å². The van der Waals surface area contributed by atoms with E-state index in [2.05, 4.69) is 75.3 Å². The molecule has 4 aromatic carbocycles. The van der Waals surface area contributed by atoms with Crippen molar-refractivity contribution in [3.8, 4) is 0 Å². The summed E-state index contributed by atoms with van der Waals surface area (Å²) in [5.74, 6) is 0.314. The van der Waals surface area contributed by atoms with Gasteiger partial charge in [0.2, 0.25) is 0 Å². The highest BCUT2D eigenvalue weighted by atomic mass is 16.2. The molecule has 1 aliphatic heterocycles. The number of hydrogen-bond acceptors (Lipinski definition) is 4. The van der Waals surface area contributed by atoms with Gasteiger partial charge in [0.15, 0.2) is 0 Å². The molecule has 0 bridgehead atoms. The summed E-state index contributed by atoms with van der Waals surface area (Å²) in [6, 6.07) is 32.6. The lowest BCUT2D eigenvalue weighted by Gasteiger charge is -2.32. The molecule has 2 aliphatic rings. The summed E-state index contributed by atoms with van der Waals surface area (Å²) in [5.41, 5.74) is 10.0. The molecule has 0 saturated carbocycles. The first-order valence-electron chi connectivity index (χ1n) is 17.2. The van der Waals surface area contributed by atoms with E-state index >= 15 is 0 Å². The molecule has 3 N–H and O–H groups in total. The topological polar surface area (TPSA) is 76.7 Å². The molecule has 1 atom stereocenters. The number of likely N-dealkylation sites (N-methyl/N-ethyl adjacent to an activating group) is 1. The minimum atomic E-state index is -0.208. The zero-order chi connectivity index (χ0) is 33.5. The number of rotatable bonds is 11. The van der Waals surface area contributed by atoms with E-state index in [4.69, 9.17) is 0 Å². The summed E-state index contributed by atoms with van der Waals surface area (Å²) in [5, 5.41) is 8.71. The Bertz CT molecular complexity index is 1720. The highest BCUT2D eigenvalue weighted by Gasteiger charge is 2.25. The second kappa shape index (κ2) is 15.5. The van der Waals surface area contributed by atoms with E-state index in [0.29, 0.717) is 11.5 Å².